The number of hydrogen-bond donors (Lipinski definition) is 4. The molecule has 0 spiro atoms. The zero-order valence-electron chi connectivity index (χ0n) is 13.7. The van der Waals surface area contributed by atoms with E-state index in [4.69, 9.17) is 4.74 Å². The lowest BCUT2D eigenvalue weighted by molar-refractivity contribution is 0.00133. The minimum Gasteiger partial charge on any atom is -0.324 e. The summed E-state index contributed by atoms with van der Waals surface area (Å²) < 4.78 is 61.3. The zero-order chi connectivity index (χ0) is 18.7. The van der Waals surface area contributed by atoms with E-state index in [2.05, 4.69) is 20.6 Å². The van der Waals surface area contributed by atoms with Gasteiger partial charge >= 0.3 is 5.69 Å². The Kier molecular flexibility index (Phi) is 3.93. The standard InChI is InChI=1S/C14H17F2N5O4S/c1-7-18-19-13(25-7)21-10-5-11(8(16)4-9(10)17-12(21)22)26(23,24)20-14(6-15)2-3-14/h4-5,7,13,18-20H,2-3,6H2,1H3,(H,17,22). The van der Waals surface area contributed by atoms with Crippen molar-refractivity contribution in [3.8, 4) is 0 Å². The van der Waals surface area contributed by atoms with Crippen LogP contribution in [0, 0.1) is 5.82 Å². The van der Waals surface area contributed by atoms with Gasteiger partial charge in [0.25, 0.3) is 0 Å². The first-order valence-electron chi connectivity index (χ1n) is 7.95. The fourth-order valence-electron chi connectivity index (χ4n) is 2.89. The molecule has 2 aliphatic rings. The summed E-state index contributed by atoms with van der Waals surface area (Å²) in [5.41, 5.74) is 3.98. The van der Waals surface area contributed by atoms with E-state index < -0.39 is 45.0 Å². The van der Waals surface area contributed by atoms with Gasteiger partial charge in [-0.2, -0.15) is 0 Å². The Labute approximate surface area is 146 Å². The smallest absolute Gasteiger partial charge is 0.324 e. The molecule has 2 atom stereocenters. The van der Waals surface area contributed by atoms with E-state index >= 15 is 0 Å². The summed E-state index contributed by atoms with van der Waals surface area (Å²) >= 11 is 0. The van der Waals surface area contributed by atoms with E-state index in [1.165, 1.54) is 0 Å². The molecule has 2 fully saturated rings. The number of hydrogen-bond acceptors (Lipinski definition) is 6. The molecule has 9 nitrogen and oxygen atoms in total. The first kappa shape index (κ1) is 17.5. The average Bonchev–Trinajstić information content (AvgIpc) is 3.07. The third-order valence-corrected chi connectivity index (χ3v) is 6.09. The maximum Gasteiger partial charge on any atom is 0.329 e. The van der Waals surface area contributed by atoms with Crippen LogP contribution in [-0.4, -0.2) is 36.4 Å². The number of benzene rings is 1. The van der Waals surface area contributed by atoms with Crippen molar-refractivity contribution >= 4 is 21.1 Å². The quantitative estimate of drug-likeness (QED) is 0.579. The highest BCUT2D eigenvalue weighted by molar-refractivity contribution is 7.89. The predicted molar refractivity (Wildman–Crippen MR) is 86.6 cm³/mol. The highest BCUT2D eigenvalue weighted by atomic mass is 32.2. The second-order valence-corrected chi connectivity index (χ2v) is 8.19. The summed E-state index contributed by atoms with van der Waals surface area (Å²) in [4.78, 5) is 14.0. The van der Waals surface area contributed by atoms with Gasteiger partial charge in [0.1, 0.15) is 23.6 Å². The molecule has 1 aliphatic carbocycles. The van der Waals surface area contributed by atoms with Crippen LogP contribution in [0.1, 0.15) is 26.1 Å². The van der Waals surface area contributed by atoms with Gasteiger partial charge in [-0.1, -0.05) is 0 Å². The number of ether oxygens (including phenoxy) is 1. The van der Waals surface area contributed by atoms with Crippen molar-refractivity contribution in [2.45, 2.75) is 42.8 Å². The molecule has 4 N–H and O–H groups in total. The molecule has 0 radical (unpaired) electrons. The minimum absolute atomic E-state index is 0.114. The number of imidazole rings is 1. The van der Waals surface area contributed by atoms with Gasteiger partial charge in [-0.15, -0.1) is 0 Å². The number of halogens is 2. The van der Waals surface area contributed by atoms with Gasteiger partial charge in [-0.25, -0.2) is 37.6 Å². The van der Waals surface area contributed by atoms with E-state index in [9.17, 15) is 22.0 Å². The van der Waals surface area contributed by atoms with Crippen molar-refractivity contribution in [2.75, 3.05) is 6.67 Å². The predicted octanol–water partition coefficient (Wildman–Crippen LogP) is 0.176. The van der Waals surface area contributed by atoms with Crippen LogP contribution in [0.25, 0.3) is 11.0 Å². The molecule has 1 aliphatic heterocycles. The number of sulfonamides is 1. The van der Waals surface area contributed by atoms with Crippen LogP contribution in [0.3, 0.4) is 0 Å². The van der Waals surface area contributed by atoms with Gasteiger partial charge in [0.2, 0.25) is 16.4 Å². The van der Waals surface area contributed by atoms with Crippen molar-refractivity contribution in [1.29, 1.82) is 0 Å². The Balaban J connectivity index is 1.81. The van der Waals surface area contributed by atoms with Crippen molar-refractivity contribution in [3.05, 3.63) is 28.4 Å². The van der Waals surface area contributed by atoms with Crippen LogP contribution >= 0.6 is 0 Å². The SMILES string of the molecule is CC1NNC(n2c(=O)[nH]c3cc(F)c(S(=O)(=O)NC4(CF)CC4)cc32)O1. The van der Waals surface area contributed by atoms with Crippen molar-refractivity contribution in [3.63, 3.8) is 0 Å². The van der Waals surface area contributed by atoms with E-state index in [-0.39, 0.29) is 17.3 Å². The molecule has 4 rings (SSSR count). The number of fused-ring (bicyclic) bond motifs is 1. The summed E-state index contributed by atoms with van der Waals surface area (Å²) in [6.07, 6.45) is -0.585. The molecule has 26 heavy (non-hydrogen) atoms. The Morgan fingerprint density at radius 1 is 1.38 bits per heavy atom. The van der Waals surface area contributed by atoms with Crippen molar-refractivity contribution in [2.24, 2.45) is 0 Å². The normalized spacial score (nSPS) is 25.0. The fourth-order valence-corrected chi connectivity index (χ4v) is 4.42. The minimum atomic E-state index is -4.30. The molecule has 2 aromatic rings. The van der Waals surface area contributed by atoms with E-state index in [0.29, 0.717) is 12.8 Å². The topological polar surface area (TPSA) is 117 Å². The molecular weight excluding hydrogens is 372 g/mol. The van der Waals surface area contributed by atoms with E-state index in [0.717, 1.165) is 16.7 Å². The second kappa shape index (κ2) is 5.82. The van der Waals surface area contributed by atoms with E-state index in [1.54, 1.807) is 6.92 Å². The van der Waals surface area contributed by atoms with Gasteiger partial charge in [0, 0.05) is 6.07 Å². The molecule has 142 valence electrons. The van der Waals surface area contributed by atoms with Crippen LogP contribution in [0.2, 0.25) is 0 Å². The van der Waals surface area contributed by atoms with Crippen LogP contribution in [0.4, 0.5) is 8.78 Å². The summed E-state index contributed by atoms with van der Waals surface area (Å²) in [6, 6.07) is 1.95. The third kappa shape index (κ3) is 2.83. The average molecular weight is 389 g/mol. The van der Waals surface area contributed by atoms with Crippen LogP contribution in [0.15, 0.2) is 21.8 Å². The first-order valence-corrected chi connectivity index (χ1v) is 9.43. The molecule has 2 heterocycles. The Hall–Kier alpha value is -1.86. The van der Waals surface area contributed by atoms with Crippen LogP contribution < -0.4 is 21.3 Å². The molecular formula is C14H17F2N5O4S. The number of rotatable bonds is 5. The van der Waals surface area contributed by atoms with Crippen LogP contribution in [-0.2, 0) is 14.8 Å². The number of alkyl halides is 1. The molecule has 1 saturated heterocycles. The lowest BCUT2D eigenvalue weighted by Gasteiger charge is -2.15. The van der Waals surface area contributed by atoms with E-state index in [1.807, 2.05) is 0 Å². The van der Waals surface area contributed by atoms with Gasteiger partial charge in [0.15, 0.2) is 0 Å². The second-order valence-electron chi connectivity index (χ2n) is 6.54. The highest BCUT2D eigenvalue weighted by Gasteiger charge is 2.47. The van der Waals surface area contributed by atoms with Gasteiger partial charge in [-0.3, -0.25) is 4.57 Å². The molecule has 2 unspecified atom stereocenters. The number of nitrogens with zero attached hydrogens (tertiary/aromatic N) is 1. The molecule has 0 bridgehead atoms. The zero-order valence-corrected chi connectivity index (χ0v) is 14.5. The van der Waals surface area contributed by atoms with Crippen LogP contribution in [0.5, 0.6) is 0 Å². The molecule has 1 aromatic heterocycles. The summed E-state index contributed by atoms with van der Waals surface area (Å²) in [6.45, 7) is 0.840. The Morgan fingerprint density at radius 2 is 2.12 bits per heavy atom. The Morgan fingerprint density at radius 3 is 2.69 bits per heavy atom. The van der Waals surface area contributed by atoms with Gasteiger partial charge in [0.05, 0.1) is 16.6 Å². The number of H-pyrrole nitrogens is 1. The van der Waals surface area contributed by atoms with Crippen molar-refractivity contribution in [1.82, 2.24) is 25.1 Å². The maximum absolute atomic E-state index is 14.4. The monoisotopic (exact) mass is 389 g/mol. The molecule has 12 heteroatoms. The molecule has 0 amide bonds. The lowest BCUT2D eigenvalue weighted by atomic mass is 10.3. The lowest BCUT2D eigenvalue weighted by Crippen LogP contribution is -2.38. The van der Waals surface area contributed by atoms with Crippen molar-refractivity contribution < 1.29 is 21.9 Å². The Bertz CT molecular complexity index is 1030. The van der Waals surface area contributed by atoms with Gasteiger partial charge < -0.3 is 9.72 Å². The highest BCUT2D eigenvalue weighted by Crippen LogP contribution is 2.37. The summed E-state index contributed by atoms with van der Waals surface area (Å²) in [5, 5.41) is 0. The fraction of sp³-hybridized carbons (Fsp3) is 0.500. The van der Waals surface area contributed by atoms with Gasteiger partial charge in [-0.05, 0) is 25.8 Å². The first-order chi connectivity index (χ1) is 12.2. The summed E-state index contributed by atoms with van der Waals surface area (Å²) in [5.74, 6) is -1.04. The maximum atomic E-state index is 14.4. The number of nitrogens with one attached hydrogen (secondary N) is 4. The number of hydrazine groups is 1. The molecule has 1 aromatic carbocycles. The number of aromatic amines is 1. The number of aromatic nitrogens is 2. The largest absolute Gasteiger partial charge is 0.329 e. The molecule has 1 saturated carbocycles. The third-order valence-electron chi connectivity index (χ3n) is 4.50. The summed E-state index contributed by atoms with van der Waals surface area (Å²) in [7, 11) is -4.30.